The van der Waals surface area contributed by atoms with E-state index in [1.165, 1.54) is 28.3 Å². The summed E-state index contributed by atoms with van der Waals surface area (Å²) >= 11 is 0. The fourth-order valence-electron chi connectivity index (χ4n) is 8.01. The maximum Gasteiger partial charge on any atom is 0.121 e. The van der Waals surface area contributed by atoms with Crippen molar-refractivity contribution in [2.75, 3.05) is 0 Å². The van der Waals surface area contributed by atoms with Crippen LogP contribution in [0.1, 0.15) is 65.9 Å². The van der Waals surface area contributed by atoms with E-state index in [1.807, 2.05) is 78.9 Å². The largest absolute Gasteiger partial charge is 0.501 e. The number of imidazole rings is 1. The summed E-state index contributed by atoms with van der Waals surface area (Å²) in [5.41, 5.74) is 13.6. The van der Waals surface area contributed by atoms with Crippen molar-refractivity contribution in [1.29, 1.82) is 5.26 Å². The Morgan fingerprint density at radius 3 is 2.02 bits per heavy atom. The second-order valence-electron chi connectivity index (χ2n) is 15.7. The van der Waals surface area contributed by atoms with Crippen LogP contribution >= 0.6 is 0 Å². The molecular formula is C56H44IrN4O-2. The van der Waals surface area contributed by atoms with Gasteiger partial charge in [0.2, 0.25) is 0 Å². The van der Waals surface area contributed by atoms with Crippen LogP contribution in [0.15, 0.2) is 168 Å². The molecule has 10 aromatic rings. The number of benzene rings is 7. The normalized spacial score (nSPS) is 12.0. The van der Waals surface area contributed by atoms with Crippen molar-refractivity contribution < 1.29 is 28.6 Å². The Morgan fingerprint density at radius 2 is 1.35 bits per heavy atom. The number of para-hydroxylation sites is 2. The molecule has 7 aromatic carbocycles. The summed E-state index contributed by atoms with van der Waals surface area (Å²) in [6, 6.07) is 61.1. The molecule has 0 saturated heterocycles. The molecule has 3 heterocycles. The first kappa shape index (κ1) is 38.1. The molecule has 0 bridgehead atoms. The molecule has 0 aliphatic heterocycles. The summed E-state index contributed by atoms with van der Waals surface area (Å²) in [6.45, 7) is 6.45. The van der Waals surface area contributed by atoms with Gasteiger partial charge in [-0.25, -0.2) is 0 Å². The Kier molecular flexibility index (Phi) is 11.0. The van der Waals surface area contributed by atoms with Crippen LogP contribution in [0.2, 0.25) is 0 Å². The summed E-state index contributed by atoms with van der Waals surface area (Å²) < 4.78 is 32.8. The molecule has 0 amide bonds. The first-order chi connectivity index (χ1) is 31.0. The third-order valence-electron chi connectivity index (χ3n) is 11.1. The Bertz CT molecular complexity index is 3250. The minimum Gasteiger partial charge on any atom is -0.501 e. The minimum atomic E-state index is -2.46. The van der Waals surface area contributed by atoms with Gasteiger partial charge in [0.15, 0.2) is 0 Å². The maximum atomic E-state index is 9.87. The molecule has 305 valence electrons. The molecule has 5 nitrogen and oxygen atoms in total. The predicted octanol–water partition coefficient (Wildman–Crippen LogP) is 14.7. The number of aromatic nitrogens is 3. The van der Waals surface area contributed by atoms with Gasteiger partial charge in [-0.1, -0.05) is 118 Å². The van der Waals surface area contributed by atoms with E-state index in [9.17, 15) is 5.26 Å². The van der Waals surface area contributed by atoms with Gasteiger partial charge in [-0.2, -0.15) is 5.26 Å². The molecule has 1 radical (unpaired) electrons. The number of hydrogen-bond donors (Lipinski definition) is 0. The molecule has 0 fully saturated rings. The fourth-order valence-corrected chi connectivity index (χ4v) is 8.01. The Morgan fingerprint density at radius 1 is 0.677 bits per heavy atom. The van der Waals surface area contributed by atoms with Crippen molar-refractivity contribution in [3.63, 3.8) is 0 Å². The van der Waals surface area contributed by atoms with Crippen LogP contribution in [0.4, 0.5) is 0 Å². The number of rotatable bonds is 7. The van der Waals surface area contributed by atoms with Crippen LogP contribution in [0.25, 0.3) is 83.6 Å². The van der Waals surface area contributed by atoms with Crippen LogP contribution in [0, 0.1) is 30.3 Å². The average Bonchev–Trinajstić information content (AvgIpc) is 3.90. The zero-order valence-corrected chi connectivity index (χ0v) is 37.2. The summed E-state index contributed by atoms with van der Waals surface area (Å²) in [4.78, 5) is 9.44. The van der Waals surface area contributed by atoms with Crippen molar-refractivity contribution in [2.24, 2.45) is 0 Å². The number of fused-ring (bicyclic) bond motifs is 4. The van der Waals surface area contributed by atoms with Gasteiger partial charge in [0.25, 0.3) is 0 Å². The van der Waals surface area contributed by atoms with E-state index in [2.05, 4.69) is 122 Å². The van der Waals surface area contributed by atoms with Crippen molar-refractivity contribution >= 4 is 33.0 Å². The van der Waals surface area contributed by atoms with E-state index >= 15 is 0 Å². The van der Waals surface area contributed by atoms with Crippen LogP contribution in [0.5, 0.6) is 0 Å². The van der Waals surface area contributed by atoms with Crippen LogP contribution in [-0.4, -0.2) is 14.5 Å². The summed E-state index contributed by atoms with van der Waals surface area (Å²) in [5, 5.41) is 11.3. The number of nitriles is 1. The van der Waals surface area contributed by atoms with Crippen molar-refractivity contribution in [1.82, 2.24) is 14.5 Å². The first-order valence-electron chi connectivity index (χ1n) is 22.0. The molecule has 0 N–H and O–H groups in total. The van der Waals surface area contributed by atoms with E-state index in [0.29, 0.717) is 27.9 Å². The number of aryl methyl sites for hydroxylation is 1. The quantitative estimate of drug-likeness (QED) is 0.149. The molecule has 3 aromatic heterocycles. The van der Waals surface area contributed by atoms with Gasteiger partial charge in [-0.05, 0) is 106 Å². The Hall–Kier alpha value is -6.90. The summed E-state index contributed by atoms with van der Waals surface area (Å²) in [5.74, 6) is 1.03. The van der Waals surface area contributed by atoms with Crippen molar-refractivity contribution in [3.05, 3.63) is 198 Å². The van der Waals surface area contributed by atoms with Crippen molar-refractivity contribution in [3.8, 4) is 56.7 Å². The summed E-state index contributed by atoms with van der Waals surface area (Å²) in [6.07, 6.45) is 1.79. The first-order valence-corrected chi connectivity index (χ1v) is 20.5. The molecule has 0 unspecified atom stereocenters. The second-order valence-corrected chi connectivity index (χ2v) is 15.7. The van der Waals surface area contributed by atoms with Crippen LogP contribution < -0.4 is 0 Å². The van der Waals surface area contributed by atoms with E-state index in [4.69, 9.17) is 13.5 Å². The van der Waals surface area contributed by atoms with E-state index in [1.54, 1.807) is 12.3 Å². The molecule has 6 heteroatoms. The second kappa shape index (κ2) is 18.0. The number of nitrogens with zero attached hydrogens (tertiary/aromatic N) is 4. The average molecular weight is 984 g/mol. The molecule has 10 rings (SSSR count). The molecule has 0 saturated carbocycles. The molecule has 0 aliphatic rings. The van der Waals surface area contributed by atoms with E-state index in [-0.39, 0.29) is 43.1 Å². The zero-order valence-electron chi connectivity index (χ0n) is 37.8. The fraction of sp³-hybridized carbons (Fsp3) is 0.125. The molecule has 0 aliphatic carbocycles. The third kappa shape index (κ3) is 8.01. The number of furan rings is 1. The standard InChI is InChI=1S/C45H36N3O.C11H8N.Ir/c1-27(2)37-23-33(32-20-18-31(19-21-32)30-12-7-6-8-13-30)24-38(28(3)4)43(37)48-41-17-10-9-16-40(41)47-45(48)36-15-11-14-35-39-25-34(26-46)29(5)22-42(39)49-44(35)36;1-2-6-10(7-3-1)11-8-4-5-9-12-11;/h6-14,16-25,27-28H,1-5H3;1-6,8-9H;/q2*-1;/i5D3;;. The topological polar surface area (TPSA) is 67.6 Å². The van der Waals surface area contributed by atoms with Crippen LogP contribution in [-0.2, 0) is 20.1 Å². The van der Waals surface area contributed by atoms with E-state index in [0.717, 1.165) is 44.5 Å². The summed E-state index contributed by atoms with van der Waals surface area (Å²) in [7, 11) is 0. The Labute approximate surface area is 380 Å². The monoisotopic (exact) mass is 984 g/mol. The zero-order chi connectivity index (χ0) is 44.5. The van der Waals surface area contributed by atoms with Gasteiger partial charge >= 0.3 is 0 Å². The molecule has 0 atom stereocenters. The smallest absolute Gasteiger partial charge is 0.121 e. The van der Waals surface area contributed by atoms with Gasteiger partial charge in [0.05, 0.1) is 34.1 Å². The maximum absolute atomic E-state index is 9.87. The van der Waals surface area contributed by atoms with Gasteiger partial charge in [-0.3, -0.25) is 4.98 Å². The van der Waals surface area contributed by atoms with Gasteiger partial charge in [0, 0.05) is 41.5 Å². The van der Waals surface area contributed by atoms with Crippen LogP contribution in [0.3, 0.4) is 0 Å². The SMILES string of the molecule is [2H]C([2H])([2H])c1cc2oc3c(-c4nc5ccccc5n4-c4c(C(C)C)cc(-c5ccc(-c6ccccc6)cc5)cc4C(C)C)[c-]ccc3c2cc1C#N.[Ir].[c-]1ccccc1-c1ccccn1. The number of hydrogen-bond acceptors (Lipinski definition) is 4. The molecule has 62 heavy (non-hydrogen) atoms. The molecular weight excluding hydrogens is 937 g/mol. The molecule has 0 spiro atoms. The predicted molar refractivity (Wildman–Crippen MR) is 250 cm³/mol. The van der Waals surface area contributed by atoms with Gasteiger partial charge < -0.3 is 14.0 Å². The minimum absolute atomic E-state index is 0. The van der Waals surface area contributed by atoms with E-state index < -0.39 is 6.85 Å². The van der Waals surface area contributed by atoms with Gasteiger partial charge in [0.1, 0.15) is 5.58 Å². The Balaban J connectivity index is 0.000000383. The van der Waals surface area contributed by atoms with Gasteiger partial charge in [-0.15, -0.1) is 54.1 Å². The number of pyridine rings is 1. The third-order valence-corrected chi connectivity index (χ3v) is 11.1. The van der Waals surface area contributed by atoms with Crippen molar-refractivity contribution in [2.45, 2.75) is 46.4 Å².